The van der Waals surface area contributed by atoms with Gasteiger partial charge in [-0.05, 0) is 64.5 Å². The minimum atomic E-state index is -0.775. The Hall–Kier alpha value is -2.34. The summed E-state index contributed by atoms with van der Waals surface area (Å²) in [5, 5.41) is 3.12. The largest absolute Gasteiger partial charge is 0.513 e. The van der Waals surface area contributed by atoms with Gasteiger partial charge in [0.05, 0.1) is 23.8 Å². The van der Waals surface area contributed by atoms with E-state index in [-0.39, 0.29) is 18.6 Å². The lowest BCUT2D eigenvalue weighted by molar-refractivity contribution is -0.116. The summed E-state index contributed by atoms with van der Waals surface area (Å²) in [6.45, 7) is 8.52. The van der Waals surface area contributed by atoms with Crippen LogP contribution in [0.4, 0.5) is 4.79 Å². The normalized spacial score (nSPS) is 24.4. The lowest BCUT2D eigenvalue weighted by atomic mass is 9.79. The van der Waals surface area contributed by atoms with Crippen LogP contribution < -0.4 is 5.32 Å². The first-order chi connectivity index (χ1) is 13.4. The van der Waals surface area contributed by atoms with Crippen molar-refractivity contribution < 1.29 is 23.8 Å². The van der Waals surface area contributed by atoms with Gasteiger partial charge in [-0.3, -0.25) is 4.79 Å². The molecular formula is C22H29NO5. The Balaban J connectivity index is 2.04. The molecule has 0 bridgehead atoms. The molecule has 1 N–H and O–H groups in total. The predicted octanol–water partition coefficient (Wildman–Crippen LogP) is 4.04. The van der Waals surface area contributed by atoms with Crippen LogP contribution in [-0.4, -0.2) is 36.9 Å². The molecule has 1 saturated carbocycles. The maximum Gasteiger partial charge on any atom is 0.513 e. The van der Waals surface area contributed by atoms with E-state index in [2.05, 4.69) is 5.32 Å². The lowest BCUT2D eigenvalue weighted by Gasteiger charge is -2.37. The lowest BCUT2D eigenvalue weighted by Crippen LogP contribution is -2.49. The molecule has 1 spiro atoms. The Bertz CT molecular complexity index is 790. The van der Waals surface area contributed by atoms with Crippen LogP contribution in [0.15, 0.2) is 24.0 Å². The zero-order valence-corrected chi connectivity index (χ0v) is 17.1. The van der Waals surface area contributed by atoms with Gasteiger partial charge in [-0.25, -0.2) is 4.79 Å². The van der Waals surface area contributed by atoms with Crippen LogP contribution in [0.1, 0.15) is 56.2 Å². The fourth-order valence-corrected chi connectivity index (χ4v) is 4.15. The fraction of sp³-hybridized carbons (Fsp3) is 0.545. The number of hydrogen-bond donors (Lipinski definition) is 1. The summed E-state index contributed by atoms with van der Waals surface area (Å²) in [5.74, 6) is 0.183. The fourth-order valence-electron chi connectivity index (χ4n) is 4.15. The van der Waals surface area contributed by atoms with Crippen molar-refractivity contribution in [1.82, 2.24) is 5.32 Å². The molecule has 1 aromatic carbocycles. The van der Waals surface area contributed by atoms with Gasteiger partial charge in [-0.15, -0.1) is 0 Å². The summed E-state index contributed by atoms with van der Waals surface area (Å²) in [4.78, 5) is 25.2. The predicted molar refractivity (Wildman–Crippen MR) is 106 cm³/mol. The van der Waals surface area contributed by atoms with Crippen molar-refractivity contribution >= 4 is 17.6 Å². The zero-order valence-electron chi connectivity index (χ0n) is 17.1. The Kier molecular flexibility index (Phi) is 6.08. The van der Waals surface area contributed by atoms with E-state index in [1.165, 1.54) is 0 Å². The van der Waals surface area contributed by atoms with Gasteiger partial charge in [0.15, 0.2) is 0 Å². The molecule has 0 unspecified atom stereocenters. The van der Waals surface area contributed by atoms with Crippen LogP contribution in [0, 0.1) is 13.8 Å². The highest BCUT2D eigenvalue weighted by atomic mass is 16.7. The van der Waals surface area contributed by atoms with E-state index in [0.29, 0.717) is 30.8 Å². The van der Waals surface area contributed by atoms with Gasteiger partial charge in [0, 0.05) is 6.61 Å². The quantitative estimate of drug-likeness (QED) is 0.772. The number of rotatable bonds is 5. The molecule has 6 nitrogen and oxygen atoms in total. The number of benzene rings is 1. The minimum Gasteiger partial charge on any atom is -0.434 e. The van der Waals surface area contributed by atoms with Crippen LogP contribution >= 0.6 is 0 Å². The third-order valence-corrected chi connectivity index (χ3v) is 5.54. The van der Waals surface area contributed by atoms with Gasteiger partial charge in [0.2, 0.25) is 0 Å². The Morgan fingerprint density at radius 2 is 1.89 bits per heavy atom. The molecule has 2 aliphatic rings. The van der Waals surface area contributed by atoms with Gasteiger partial charge >= 0.3 is 6.16 Å². The number of amides is 1. The van der Waals surface area contributed by atoms with Gasteiger partial charge < -0.3 is 19.5 Å². The Labute approximate surface area is 166 Å². The Morgan fingerprint density at radius 1 is 1.18 bits per heavy atom. The summed E-state index contributed by atoms with van der Waals surface area (Å²) in [6, 6.07) is 5.94. The summed E-state index contributed by atoms with van der Waals surface area (Å²) in [7, 11) is 0. The molecule has 1 aromatic rings. The van der Waals surface area contributed by atoms with Crippen molar-refractivity contribution in [3.8, 4) is 0 Å². The highest BCUT2D eigenvalue weighted by Crippen LogP contribution is 2.44. The monoisotopic (exact) mass is 387 g/mol. The molecular weight excluding hydrogens is 358 g/mol. The van der Waals surface area contributed by atoms with Crippen molar-refractivity contribution in [2.45, 2.75) is 65.0 Å². The third-order valence-electron chi connectivity index (χ3n) is 5.54. The molecule has 28 heavy (non-hydrogen) atoms. The number of aryl methyl sites for hydroxylation is 2. The SMILES string of the molecule is CCOC(=O)OC1=C(c2cc(C)ccc2C)C(=O)NC12CCC(OCC)CC2. The number of hydrogen-bond acceptors (Lipinski definition) is 5. The van der Waals surface area contributed by atoms with Crippen molar-refractivity contribution in [2.75, 3.05) is 13.2 Å². The maximum atomic E-state index is 13.0. The number of nitrogens with one attached hydrogen (secondary N) is 1. The summed E-state index contributed by atoms with van der Waals surface area (Å²) in [6.07, 6.45) is 2.30. The number of ether oxygens (including phenoxy) is 3. The molecule has 1 aliphatic carbocycles. The van der Waals surface area contributed by atoms with Crippen LogP contribution in [0.2, 0.25) is 0 Å². The van der Waals surface area contributed by atoms with Crippen molar-refractivity contribution in [2.24, 2.45) is 0 Å². The average molecular weight is 387 g/mol. The smallest absolute Gasteiger partial charge is 0.434 e. The molecule has 6 heteroatoms. The van der Waals surface area contributed by atoms with Gasteiger partial charge in [-0.2, -0.15) is 0 Å². The van der Waals surface area contributed by atoms with E-state index in [4.69, 9.17) is 14.2 Å². The third kappa shape index (κ3) is 3.92. The van der Waals surface area contributed by atoms with Crippen LogP contribution in [0.5, 0.6) is 0 Å². The Morgan fingerprint density at radius 3 is 2.54 bits per heavy atom. The van der Waals surface area contributed by atoms with E-state index in [1.807, 2.05) is 39.0 Å². The second-order valence-corrected chi connectivity index (χ2v) is 7.50. The highest BCUT2D eigenvalue weighted by molar-refractivity contribution is 6.23. The molecule has 3 rings (SSSR count). The second kappa shape index (κ2) is 8.35. The molecule has 0 aromatic heterocycles. The molecule has 152 valence electrons. The molecule has 0 saturated heterocycles. The maximum absolute atomic E-state index is 13.0. The van der Waals surface area contributed by atoms with Gasteiger partial charge in [-0.1, -0.05) is 23.8 Å². The standard InChI is InChI=1S/C22H29NO5/c1-5-26-16-9-11-22(12-10-16)19(28-21(25)27-6-2)18(20(24)23-22)17-13-14(3)7-8-15(17)4/h7-8,13,16H,5-6,9-12H2,1-4H3,(H,23,24). The van der Waals surface area contributed by atoms with Crippen molar-refractivity contribution in [1.29, 1.82) is 0 Å². The molecule has 1 aliphatic heterocycles. The van der Waals surface area contributed by atoms with E-state index in [0.717, 1.165) is 29.5 Å². The number of carbonyl (C=O) groups is 2. The van der Waals surface area contributed by atoms with Crippen LogP contribution in [0.3, 0.4) is 0 Å². The first-order valence-electron chi connectivity index (χ1n) is 10.0. The molecule has 0 radical (unpaired) electrons. The van der Waals surface area contributed by atoms with Crippen LogP contribution in [0.25, 0.3) is 5.57 Å². The molecule has 0 atom stereocenters. The molecule has 1 amide bonds. The summed E-state index contributed by atoms with van der Waals surface area (Å²) < 4.78 is 16.4. The van der Waals surface area contributed by atoms with Crippen molar-refractivity contribution in [3.63, 3.8) is 0 Å². The van der Waals surface area contributed by atoms with Crippen molar-refractivity contribution in [3.05, 3.63) is 40.6 Å². The zero-order chi connectivity index (χ0) is 20.3. The van der Waals surface area contributed by atoms with Gasteiger partial charge in [0.25, 0.3) is 5.91 Å². The average Bonchev–Trinajstić information content (AvgIpc) is 2.91. The van der Waals surface area contributed by atoms with E-state index >= 15 is 0 Å². The van der Waals surface area contributed by atoms with Gasteiger partial charge in [0.1, 0.15) is 5.76 Å². The summed E-state index contributed by atoms with van der Waals surface area (Å²) in [5.41, 5.74) is 2.53. The van der Waals surface area contributed by atoms with E-state index < -0.39 is 11.7 Å². The number of carbonyl (C=O) groups excluding carboxylic acids is 2. The molecule has 1 fully saturated rings. The van der Waals surface area contributed by atoms with E-state index in [9.17, 15) is 9.59 Å². The van der Waals surface area contributed by atoms with E-state index in [1.54, 1.807) is 6.92 Å². The first kappa shape index (κ1) is 20.4. The van der Waals surface area contributed by atoms with Crippen LogP contribution in [-0.2, 0) is 19.0 Å². The minimum absolute atomic E-state index is 0.168. The summed E-state index contributed by atoms with van der Waals surface area (Å²) >= 11 is 0. The first-order valence-corrected chi connectivity index (χ1v) is 10.0. The second-order valence-electron chi connectivity index (χ2n) is 7.50. The highest BCUT2D eigenvalue weighted by Gasteiger charge is 2.50. The molecule has 1 heterocycles. The topological polar surface area (TPSA) is 73.9 Å².